The highest BCUT2D eigenvalue weighted by atomic mass is 32.2. The van der Waals surface area contributed by atoms with Crippen molar-refractivity contribution in [3.05, 3.63) is 137 Å². The van der Waals surface area contributed by atoms with Gasteiger partial charge in [-0.3, -0.25) is 0 Å². The van der Waals surface area contributed by atoms with E-state index in [4.69, 9.17) is 9.47 Å². The molecule has 0 fully saturated rings. The summed E-state index contributed by atoms with van der Waals surface area (Å²) in [5.41, 5.74) is 1.40. The summed E-state index contributed by atoms with van der Waals surface area (Å²) in [6.07, 6.45) is -1.07. The van der Waals surface area contributed by atoms with Crippen LogP contribution in [0.1, 0.15) is 37.5 Å². The minimum atomic E-state index is -2.41. The lowest BCUT2D eigenvalue weighted by molar-refractivity contribution is -0.136. The van der Waals surface area contributed by atoms with Gasteiger partial charge in [0, 0.05) is 5.75 Å². The largest absolute Gasteiger partial charge is 0.444 e. The second-order valence-electron chi connectivity index (χ2n) is 10.6. The van der Waals surface area contributed by atoms with E-state index in [-0.39, 0.29) is 5.75 Å². The van der Waals surface area contributed by atoms with Gasteiger partial charge in [-0.1, -0.05) is 91.0 Å². The number of benzene rings is 4. The molecule has 0 bridgehead atoms. The third kappa shape index (κ3) is 7.05. The highest BCUT2D eigenvalue weighted by Gasteiger charge is 2.40. The number of nitrogens with one attached hydrogen (secondary N) is 1. The van der Waals surface area contributed by atoms with Gasteiger partial charge in [-0.15, -0.1) is 11.8 Å². The van der Waals surface area contributed by atoms with Gasteiger partial charge in [0.1, 0.15) is 11.6 Å². The van der Waals surface area contributed by atoms with Gasteiger partial charge in [-0.25, -0.2) is 22.8 Å². The Kier molecular flexibility index (Phi) is 9.98. The van der Waals surface area contributed by atoms with Crippen LogP contribution in [0.25, 0.3) is 0 Å². The molecule has 0 aliphatic heterocycles. The fraction of sp³-hybridized carbons (Fsp3) is 0.212. The van der Waals surface area contributed by atoms with E-state index in [2.05, 4.69) is 5.32 Å². The molecular weight excluding hydrogens is 601 g/mol. The first-order valence-corrected chi connectivity index (χ1v) is 14.4. The fourth-order valence-electron chi connectivity index (χ4n) is 4.44. The summed E-state index contributed by atoms with van der Waals surface area (Å²) in [5.74, 6) is -15.2. The number of ether oxygens (including phenoxy) is 2. The van der Waals surface area contributed by atoms with Crippen molar-refractivity contribution < 1.29 is 41.0 Å². The zero-order valence-electron chi connectivity index (χ0n) is 23.9. The first kappa shape index (κ1) is 32.5. The molecule has 1 N–H and O–H groups in total. The van der Waals surface area contributed by atoms with E-state index in [1.54, 1.807) is 20.8 Å². The Hall–Kier alpha value is -4.38. The third-order valence-corrected chi connectivity index (χ3v) is 8.00. The first-order chi connectivity index (χ1) is 20.8. The molecule has 44 heavy (non-hydrogen) atoms. The SMILES string of the molecule is CC(C)(C)OC(=O)N[C@@H](CSC(c1ccccc1)(c1ccccc1)c1ccccc1)C(=O)Oc1c(F)c(F)c(F)c(F)c1F. The predicted molar refractivity (Wildman–Crippen MR) is 157 cm³/mol. The lowest BCUT2D eigenvalue weighted by Crippen LogP contribution is -2.47. The molecule has 0 saturated carbocycles. The molecular formula is C33H28F5NO4S. The first-order valence-electron chi connectivity index (χ1n) is 13.4. The summed E-state index contributed by atoms with van der Waals surface area (Å²) in [6, 6.07) is 26.2. The monoisotopic (exact) mass is 629 g/mol. The standard InChI is InChI=1S/C33H28F5NO4S/c1-32(2,3)43-31(41)39-23(30(40)42-29-27(37)25(35)24(34)26(36)28(29)38)19-44-33(20-13-7-4-8-14-20,21-15-9-5-10-16-21)22-17-11-6-12-18-22/h4-18,23H,19H2,1-3H3,(H,39,41)/t23-/m0/s1. The van der Waals surface area contributed by atoms with Crippen molar-refractivity contribution >= 4 is 23.8 Å². The Labute approximate surface area is 255 Å². The van der Waals surface area contributed by atoms with Crippen LogP contribution in [0.2, 0.25) is 0 Å². The van der Waals surface area contributed by atoms with Crippen LogP contribution in [0, 0.1) is 29.1 Å². The van der Waals surface area contributed by atoms with Crippen molar-refractivity contribution in [3.63, 3.8) is 0 Å². The van der Waals surface area contributed by atoms with Crippen molar-refractivity contribution in [2.75, 3.05) is 5.75 Å². The van der Waals surface area contributed by atoms with E-state index >= 15 is 0 Å². The second kappa shape index (κ2) is 13.5. The average molecular weight is 630 g/mol. The van der Waals surface area contributed by atoms with E-state index in [1.807, 2.05) is 91.0 Å². The zero-order valence-corrected chi connectivity index (χ0v) is 24.7. The summed E-state index contributed by atoms with van der Waals surface area (Å²) < 4.78 is 79.2. The van der Waals surface area contributed by atoms with E-state index in [1.165, 1.54) is 11.8 Å². The molecule has 0 spiro atoms. The minimum Gasteiger partial charge on any atom is -0.444 e. The molecule has 0 saturated heterocycles. The van der Waals surface area contributed by atoms with Gasteiger partial charge in [0.2, 0.25) is 34.8 Å². The molecule has 5 nitrogen and oxygen atoms in total. The molecule has 0 radical (unpaired) electrons. The van der Waals surface area contributed by atoms with Crippen LogP contribution in [0.3, 0.4) is 0 Å². The highest BCUT2D eigenvalue weighted by molar-refractivity contribution is 8.00. The molecule has 0 heterocycles. The zero-order chi connectivity index (χ0) is 32.1. The molecule has 1 amide bonds. The molecule has 11 heteroatoms. The fourth-order valence-corrected chi connectivity index (χ4v) is 5.99. The Morgan fingerprint density at radius 3 is 1.45 bits per heavy atom. The average Bonchev–Trinajstić information content (AvgIpc) is 3.01. The number of esters is 1. The molecule has 0 aromatic heterocycles. The van der Waals surface area contributed by atoms with Gasteiger partial charge in [0.05, 0.1) is 4.75 Å². The number of carbonyl (C=O) groups excluding carboxylic acids is 2. The Morgan fingerprint density at radius 2 is 1.07 bits per heavy atom. The molecule has 4 aromatic carbocycles. The van der Waals surface area contributed by atoms with Gasteiger partial charge >= 0.3 is 12.1 Å². The normalized spacial score (nSPS) is 12.4. The molecule has 0 aliphatic rings. The number of alkyl carbamates (subject to hydrolysis) is 1. The highest BCUT2D eigenvalue weighted by Crippen LogP contribution is 2.48. The predicted octanol–water partition coefficient (Wildman–Crippen LogP) is 7.91. The van der Waals surface area contributed by atoms with Crippen LogP contribution in [-0.2, 0) is 14.3 Å². The van der Waals surface area contributed by atoms with Crippen molar-refractivity contribution in [1.82, 2.24) is 5.32 Å². The van der Waals surface area contributed by atoms with Crippen LogP contribution in [-0.4, -0.2) is 29.5 Å². The molecule has 230 valence electrons. The van der Waals surface area contributed by atoms with Crippen molar-refractivity contribution in [2.45, 2.75) is 37.2 Å². The van der Waals surface area contributed by atoms with E-state index in [9.17, 15) is 31.5 Å². The van der Waals surface area contributed by atoms with Crippen molar-refractivity contribution in [1.29, 1.82) is 0 Å². The van der Waals surface area contributed by atoms with E-state index in [0.29, 0.717) is 0 Å². The van der Waals surface area contributed by atoms with Crippen LogP contribution in [0.4, 0.5) is 26.7 Å². The van der Waals surface area contributed by atoms with Gasteiger partial charge in [-0.05, 0) is 37.5 Å². The summed E-state index contributed by atoms with van der Waals surface area (Å²) in [6.45, 7) is 4.73. The molecule has 4 aromatic rings. The molecule has 0 unspecified atom stereocenters. The number of amides is 1. The van der Waals surface area contributed by atoms with Crippen molar-refractivity contribution in [3.8, 4) is 5.75 Å². The molecule has 4 rings (SSSR count). The van der Waals surface area contributed by atoms with Crippen LogP contribution < -0.4 is 10.1 Å². The summed E-state index contributed by atoms with van der Waals surface area (Å²) in [4.78, 5) is 26.2. The second-order valence-corrected chi connectivity index (χ2v) is 11.8. The maximum absolute atomic E-state index is 14.4. The number of thioether (sulfide) groups is 1. The smallest absolute Gasteiger partial charge is 0.408 e. The van der Waals surface area contributed by atoms with Gasteiger partial charge < -0.3 is 14.8 Å². The van der Waals surface area contributed by atoms with Gasteiger partial charge in [0.25, 0.3) is 0 Å². The maximum Gasteiger partial charge on any atom is 0.408 e. The minimum absolute atomic E-state index is 0.286. The molecule has 0 aliphatic carbocycles. The van der Waals surface area contributed by atoms with Crippen LogP contribution in [0.5, 0.6) is 5.75 Å². The summed E-state index contributed by atoms with van der Waals surface area (Å²) >= 11 is 1.19. The number of rotatable bonds is 9. The quantitative estimate of drug-likeness (QED) is 0.0509. The van der Waals surface area contributed by atoms with Crippen LogP contribution in [0.15, 0.2) is 91.0 Å². The summed E-state index contributed by atoms with van der Waals surface area (Å²) in [5, 5.41) is 2.34. The van der Waals surface area contributed by atoms with Crippen molar-refractivity contribution in [2.24, 2.45) is 0 Å². The van der Waals surface area contributed by atoms with Gasteiger partial charge in [-0.2, -0.15) is 8.78 Å². The Balaban J connectivity index is 1.79. The maximum atomic E-state index is 14.4. The van der Waals surface area contributed by atoms with E-state index in [0.717, 1.165) is 16.7 Å². The number of hydrogen-bond donors (Lipinski definition) is 1. The Bertz CT molecular complexity index is 1490. The molecule has 1 atom stereocenters. The number of hydrogen-bond acceptors (Lipinski definition) is 5. The van der Waals surface area contributed by atoms with E-state index < -0.39 is 63.3 Å². The third-order valence-electron chi connectivity index (χ3n) is 6.36. The Morgan fingerprint density at radius 1 is 0.682 bits per heavy atom. The lowest BCUT2D eigenvalue weighted by atomic mass is 9.84. The number of carbonyl (C=O) groups is 2. The lowest BCUT2D eigenvalue weighted by Gasteiger charge is -2.36. The summed E-state index contributed by atoms with van der Waals surface area (Å²) in [7, 11) is 0. The topological polar surface area (TPSA) is 64.6 Å². The van der Waals surface area contributed by atoms with Gasteiger partial charge in [0.15, 0.2) is 0 Å². The number of halogens is 5. The van der Waals surface area contributed by atoms with Crippen LogP contribution >= 0.6 is 11.8 Å².